The maximum atomic E-state index is 13.8. The molecule has 2 fully saturated rings. The van der Waals surface area contributed by atoms with E-state index in [1.165, 1.54) is 6.07 Å². The summed E-state index contributed by atoms with van der Waals surface area (Å²) in [6, 6.07) is 2.65. The van der Waals surface area contributed by atoms with Crippen LogP contribution in [0.5, 0.6) is 0 Å². The molecule has 0 aliphatic carbocycles. The third kappa shape index (κ3) is 2.43. The highest BCUT2D eigenvalue weighted by molar-refractivity contribution is 6.22. The molecule has 112 valence electrons. The Morgan fingerprint density at radius 1 is 1.10 bits per heavy atom. The van der Waals surface area contributed by atoms with Gasteiger partial charge in [-0.05, 0) is 12.1 Å². The average molecular weight is 295 g/mol. The number of piperazine rings is 1. The topological polar surface area (TPSA) is 52.7 Å². The lowest BCUT2D eigenvalue weighted by molar-refractivity contribution is -0.123. The van der Waals surface area contributed by atoms with Crippen LogP contribution in [0.3, 0.4) is 0 Å². The van der Waals surface area contributed by atoms with Crippen molar-refractivity contribution in [2.24, 2.45) is 0 Å². The van der Waals surface area contributed by atoms with E-state index < -0.39 is 35.2 Å². The van der Waals surface area contributed by atoms with Gasteiger partial charge in [0.25, 0.3) is 5.91 Å². The number of benzene rings is 1. The molecule has 2 aliphatic heterocycles. The number of halogens is 2. The van der Waals surface area contributed by atoms with Crippen LogP contribution in [-0.2, 0) is 9.59 Å². The van der Waals surface area contributed by atoms with Crippen molar-refractivity contribution in [3.05, 3.63) is 29.8 Å². The zero-order chi connectivity index (χ0) is 15.0. The molecule has 0 radical (unpaired) electrons. The van der Waals surface area contributed by atoms with E-state index in [1.807, 2.05) is 4.90 Å². The van der Waals surface area contributed by atoms with Crippen molar-refractivity contribution in [2.45, 2.75) is 12.5 Å². The summed E-state index contributed by atoms with van der Waals surface area (Å²) in [6.45, 7) is 2.73. The van der Waals surface area contributed by atoms with Gasteiger partial charge in [-0.2, -0.15) is 0 Å². The Morgan fingerprint density at radius 2 is 1.71 bits per heavy atom. The van der Waals surface area contributed by atoms with Crippen LogP contribution in [0.2, 0.25) is 0 Å². The summed E-state index contributed by atoms with van der Waals surface area (Å²) in [5.74, 6) is -2.92. The van der Waals surface area contributed by atoms with Crippen molar-refractivity contribution in [3.8, 4) is 0 Å². The summed E-state index contributed by atoms with van der Waals surface area (Å²) < 4.78 is 27.6. The molecule has 0 aromatic heterocycles. The Hall–Kier alpha value is -1.86. The molecule has 1 aromatic carbocycles. The van der Waals surface area contributed by atoms with Gasteiger partial charge in [0.2, 0.25) is 5.91 Å². The zero-order valence-electron chi connectivity index (χ0n) is 11.3. The van der Waals surface area contributed by atoms with Crippen LogP contribution in [0.15, 0.2) is 18.2 Å². The van der Waals surface area contributed by atoms with Crippen molar-refractivity contribution in [3.63, 3.8) is 0 Å². The van der Waals surface area contributed by atoms with Gasteiger partial charge in [0.05, 0.1) is 12.5 Å². The summed E-state index contributed by atoms with van der Waals surface area (Å²) in [5, 5.41) is 3.15. The second kappa shape index (κ2) is 5.50. The van der Waals surface area contributed by atoms with Crippen molar-refractivity contribution in [2.75, 3.05) is 31.1 Å². The minimum absolute atomic E-state index is 0.0351. The molecule has 1 unspecified atom stereocenters. The number of nitrogens with one attached hydrogen (secondary N) is 1. The van der Waals surface area contributed by atoms with Gasteiger partial charge in [0.1, 0.15) is 17.3 Å². The monoisotopic (exact) mass is 295 g/mol. The predicted octanol–water partition coefficient (Wildman–Crippen LogP) is 0.502. The number of carbonyl (C=O) groups is 2. The molecule has 1 aromatic rings. The lowest BCUT2D eigenvalue weighted by atomic mass is 10.2. The molecular formula is C14H15F2N3O2. The molecule has 7 heteroatoms. The first kappa shape index (κ1) is 14.1. The molecular weight excluding hydrogens is 280 g/mol. The Balaban J connectivity index is 1.90. The molecule has 2 amide bonds. The van der Waals surface area contributed by atoms with Crippen LogP contribution in [0.25, 0.3) is 0 Å². The summed E-state index contributed by atoms with van der Waals surface area (Å²) in [6.07, 6.45) is -0.0351. The number of carbonyl (C=O) groups excluding carboxylic acids is 2. The highest BCUT2D eigenvalue weighted by Crippen LogP contribution is 2.30. The minimum Gasteiger partial charge on any atom is -0.314 e. The zero-order valence-corrected chi connectivity index (χ0v) is 11.3. The third-order valence-corrected chi connectivity index (χ3v) is 3.88. The number of hydrogen-bond acceptors (Lipinski definition) is 4. The first-order valence-electron chi connectivity index (χ1n) is 6.85. The van der Waals surface area contributed by atoms with E-state index in [0.29, 0.717) is 18.0 Å². The van der Waals surface area contributed by atoms with Crippen LogP contribution in [-0.4, -0.2) is 48.9 Å². The van der Waals surface area contributed by atoms with E-state index in [2.05, 4.69) is 5.32 Å². The molecule has 2 aliphatic rings. The molecule has 1 atom stereocenters. The van der Waals surface area contributed by atoms with Gasteiger partial charge in [0.15, 0.2) is 0 Å². The normalized spacial score (nSPS) is 23.9. The molecule has 3 rings (SSSR count). The fourth-order valence-corrected chi connectivity index (χ4v) is 2.83. The molecule has 0 spiro atoms. The lowest BCUT2D eigenvalue weighted by Crippen LogP contribution is -2.51. The SMILES string of the molecule is O=C1CC(N2CCNCC2)C(=O)N1c1c(F)cccc1F. The predicted molar refractivity (Wildman–Crippen MR) is 71.7 cm³/mol. The average Bonchev–Trinajstić information content (AvgIpc) is 2.76. The molecule has 0 bridgehead atoms. The number of anilines is 1. The second-order valence-corrected chi connectivity index (χ2v) is 5.14. The Labute approximate surface area is 120 Å². The van der Waals surface area contributed by atoms with Gasteiger partial charge >= 0.3 is 0 Å². The molecule has 21 heavy (non-hydrogen) atoms. The van der Waals surface area contributed by atoms with Crippen molar-refractivity contribution in [1.82, 2.24) is 10.2 Å². The van der Waals surface area contributed by atoms with Crippen molar-refractivity contribution in [1.29, 1.82) is 0 Å². The van der Waals surface area contributed by atoms with E-state index >= 15 is 0 Å². The third-order valence-electron chi connectivity index (χ3n) is 3.88. The number of hydrogen-bond donors (Lipinski definition) is 1. The molecule has 2 saturated heterocycles. The van der Waals surface area contributed by atoms with E-state index in [9.17, 15) is 18.4 Å². The first-order chi connectivity index (χ1) is 10.1. The van der Waals surface area contributed by atoms with Gasteiger partial charge in [-0.25, -0.2) is 13.7 Å². The Bertz CT molecular complexity index is 567. The van der Waals surface area contributed by atoms with Crippen LogP contribution < -0.4 is 10.2 Å². The summed E-state index contributed by atoms with van der Waals surface area (Å²) in [4.78, 5) is 27.0. The Kier molecular flexibility index (Phi) is 3.69. The van der Waals surface area contributed by atoms with Gasteiger partial charge in [-0.15, -0.1) is 0 Å². The smallest absolute Gasteiger partial charge is 0.251 e. The van der Waals surface area contributed by atoms with Gasteiger partial charge < -0.3 is 5.32 Å². The number of amides is 2. The first-order valence-corrected chi connectivity index (χ1v) is 6.85. The second-order valence-electron chi connectivity index (χ2n) is 5.14. The summed E-state index contributed by atoms with van der Waals surface area (Å²) in [5.41, 5.74) is -0.565. The van der Waals surface area contributed by atoms with Gasteiger partial charge in [0, 0.05) is 26.2 Å². The maximum Gasteiger partial charge on any atom is 0.251 e. The van der Waals surface area contributed by atoms with Crippen molar-refractivity contribution < 1.29 is 18.4 Å². The molecule has 0 saturated carbocycles. The van der Waals surface area contributed by atoms with Crippen LogP contribution >= 0.6 is 0 Å². The van der Waals surface area contributed by atoms with Crippen LogP contribution in [0.4, 0.5) is 14.5 Å². The summed E-state index contributed by atoms with van der Waals surface area (Å²) >= 11 is 0. The highest BCUT2D eigenvalue weighted by atomic mass is 19.1. The Morgan fingerprint density at radius 3 is 2.33 bits per heavy atom. The van der Waals surface area contributed by atoms with Gasteiger partial charge in [-0.3, -0.25) is 14.5 Å². The molecule has 1 N–H and O–H groups in total. The van der Waals surface area contributed by atoms with E-state index in [-0.39, 0.29) is 6.42 Å². The number of imide groups is 1. The molecule has 5 nitrogen and oxygen atoms in total. The minimum atomic E-state index is -0.905. The number of para-hydroxylation sites is 1. The highest BCUT2D eigenvalue weighted by Gasteiger charge is 2.44. The van der Waals surface area contributed by atoms with E-state index in [4.69, 9.17) is 0 Å². The fraction of sp³-hybridized carbons (Fsp3) is 0.429. The largest absolute Gasteiger partial charge is 0.314 e. The van der Waals surface area contributed by atoms with E-state index in [0.717, 1.165) is 25.2 Å². The van der Waals surface area contributed by atoms with Crippen molar-refractivity contribution >= 4 is 17.5 Å². The lowest BCUT2D eigenvalue weighted by Gasteiger charge is -2.31. The standard InChI is InChI=1S/C14H15F2N3O2/c15-9-2-1-3-10(16)13(9)19-12(20)8-11(14(19)21)18-6-4-17-5-7-18/h1-3,11,17H,4-8H2. The van der Waals surface area contributed by atoms with Gasteiger partial charge in [-0.1, -0.05) is 6.07 Å². The quantitative estimate of drug-likeness (QED) is 0.808. The molecule has 2 heterocycles. The van der Waals surface area contributed by atoms with Crippen LogP contribution in [0.1, 0.15) is 6.42 Å². The number of rotatable bonds is 2. The summed E-state index contributed by atoms with van der Waals surface area (Å²) in [7, 11) is 0. The maximum absolute atomic E-state index is 13.8. The number of nitrogens with zero attached hydrogens (tertiary/aromatic N) is 2. The van der Waals surface area contributed by atoms with Crippen LogP contribution in [0, 0.1) is 11.6 Å². The fourth-order valence-electron chi connectivity index (χ4n) is 2.83. The van der Waals surface area contributed by atoms with E-state index in [1.54, 1.807) is 0 Å².